The summed E-state index contributed by atoms with van der Waals surface area (Å²) >= 11 is 0. The normalized spacial score (nSPS) is 14.7. The minimum Gasteiger partial charge on any atom is -0.381 e. The van der Waals surface area contributed by atoms with E-state index in [9.17, 15) is 0 Å². The summed E-state index contributed by atoms with van der Waals surface area (Å²) in [7, 11) is 0. The molecule has 0 bridgehead atoms. The lowest BCUT2D eigenvalue weighted by Gasteiger charge is -2.25. The van der Waals surface area contributed by atoms with Crippen molar-refractivity contribution in [1.82, 2.24) is 5.32 Å². The second kappa shape index (κ2) is 8.93. The molecule has 0 radical (unpaired) electrons. The first kappa shape index (κ1) is 24.5. The van der Waals surface area contributed by atoms with Crippen molar-refractivity contribution in [2.45, 2.75) is 19.3 Å². The Labute approximate surface area is 251 Å². The lowest BCUT2D eigenvalue weighted by Crippen LogP contribution is -2.37. The second-order valence-electron chi connectivity index (χ2n) is 12.5. The Morgan fingerprint density at radius 1 is 0.488 bits per heavy atom. The molecule has 1 aliphatic carbocycles. The molecule has 7 aromatic rings. The predicted molar refractivity (Wildman–Crippen MR) is 183 cm³/mol. The summed E-state index contributed by atoms with van der Waals surface area (Å²) in [4.78, 5) is 0. The van der Waals surface area contributed by atoms with Gasteiger partial charge in [-0.15, -0.1) is 0 Å². The zero-order chi connectivity index (χ0) is 28.7. The number of benzene rings is 7. The van der Waals surface area contributed by atoms with Gasteiger partial charge < -0.3 is 5.32 Å². The maximum atomic E-state index is 3.78. The molecular weight excluding hydrogens is 518 g/mol. The topological polar surface area (TPSA) is 12.0 Å². The zero-order valence-electron chi connectivity index (χ0n) is 24.4. The van der Waals surface area contributed by atoms with E-state index in [1.807, 2.05) is 0 Å². The van der Waals surface area contributed by atoms with Crippen LogP contribution in [0.15, 0.2) is 127 Å². The SMILES string of the molecule is CC1(C)c2ccccc2-c2c1cc(-c1c3ccccc3c(C3=c4ccccc4=CCN3)c3ccccc13)c1ccccc21. The molecular formula is C42H31N. The average molecular weight is 550 g/mol. The minimum absolute atomic E-state index is 0.0850. The van der Waals surface area contributed by atoms with Crippen molar-refractivity contribution in [2.24, 2.45) is 0 Å². The molecule has 2 aliphatic rings. The Balaban J connectivity index is 1.47. The highest BCUT2D eigenvalue weighted by Crippen LogP contribution is 2.54. The van der Waals surface area contributed by atoms with Gasteiger partial charge in [0.2, 0.25) is 0 Å². The highest BCUT2D eigenvalue weighted by Gasteiger charge is 2.37. The third-order valence-electron chi connectivity index (χ3n) is 9.87. The van der Waals surface area contributed by atoms with Crippen LogP contribution < -0.4 is 15.8 Å². The molecule has 1 heterocycles. The Morgan fingerprint density at radius 3 is 1.72 bits per heavy atom. The minimum atomic E-state index is -0.0850. The third-order valence-corrected chi connectivity index (χ3v) is 9.87. The standard InChI is InChI=1S/C42H31N/c1-42(2)36-22-12-11-21-34(36)39-29-16-6-5-15-28(29)35(25-37(39)42)38-30-17-7-9-19-32(30)40(33-20-10-8-18-31(33)38)41-27-14-4-3-13-26(27)23-24-43-41/h3-23,25,43H,24H2,1-2H3. The highest BCUT2D eigenvalue weighted by molar-refractivity contribution is 6.22. The van der Waals surface area contributed by atoms with Crippen LogP contribution in [-0.4, -0.2) is 6.54 Å². The third kappa shape index (κ3) is 3.34. The van der Waals surface area contributed by atoms with Gasteiger partial charge >= 0.3 is 0 Å². The Hall–Kier alpha value is -5.14. The Morgan fingerprint density at radius 2 is 1.02 bits per heavy atom. The molecule has 0 spiro atoms. The van der Waals surface area contributed by atoms with Crippen LogP contribution in [0.25, 0.3) is 66.3 Å². The van der Waals surface area contributed by atoms with Crippen molar-refractivity contribution < 1.29 is 0 Å². The van der Waals surface area contributed by atoms with Crippen LogP contribution in [0.4, 0.5) is 0 Å². The number of nitrogens with one attached hydrogen (secondary N) is 1. The van der Waals surface area contributed by atoms with Gasteiger partial charge in [0.25, 0.3) is 0 Å². The first-order valence-electron chi connectivity index (χ1n) is 15.3. The number of fused-ring (bicyclic) bond motifs is 8. The van der Waals surface area contributed by atoms with Crippen molar-refractivity contribution in [3.8, 4) is 22.3 Å². The van der Waals surface area contributed by atoms with E-state index in [-0.39, 0.29) is 5.41 Å². The monoisotopic (exact) mass is 549 g/mol. The van der Waals surface area contributed by atoms with Crippen LogP contribution in [0.3, 0.4) is 0 Å². The molecule has 0 amide bonds. The molecule has 7 aromatic carbocycles. The first-order valence-corrected chi connectivity index (χ1v) is 15.3. The Bertz CT molecular complexity index is 2370. The van der Waals surface area contributed by atoms with Gasteiger partial charge in [-0.1, -0.05) is 141 Å². The summed E-state index contributed by atoms with van der Waals surface area (Å²) in [5.41, 5.74) is 10.6. The fourth-order valence-corrected chi connectivity index (χ4v) is 7.93. The van der Waals surface area contributed by atoms with Crippen molar-refractivity contribution in [3.63, 3.8) is 0 Å². The summed E-state index contributed by atoms with van der Waals surface area (Å²) in [6.07, 6.45) is 2.29. The van der Waals surface area contributed by atoms with Gasteiger partial charge in [0.15, 0.2) is 0 Å². The molecule has 0 unspecified atom stereocenters. The molecule has 0 fully saturated rings. The smallest absolute Gasteiger partial charge is 0.0508 e. The van der Waals surface area contributed by atoms with Gasteiger partial charge in [0.1, 0.15) is 0 Å². The van der Waals surface area contributed by atoms with Crippen molar-refractivity contribution in [3.05, 3.63) is 155 Å². The van der Waals surface area contributed by atoms with E-state index in [1.54, 1.807) is 0 Å². The number of rotatable bonds is 2. The molecule has 1 heteroatoms. The maximum Gasteiger partial charge on any atom is 0.0508 e. The van der Waals surface area contributed by atoms with E-state index in [4.69, 9.17) is 0 Å². The van der Waals surface area contributed by atoms with E-state index in [0.717, 1.165) is 6.54 Å². The van der Waals surface area contributed by atoms with Gasteiger partial charge in [0, 0.05) is 22.7 Å². The van der Waals surface area contributed by atoms with Crippen LogP contribution in [-0.2, 0) is 5.41 Å². The van der Waals surface area contributed by atoms with Crippen LogP contribution in [0.2, 0.25) is 0 Å². The summed E-state index contributed by atoms with van der Waals surface area (Å²) in [5.74, 6) is 0. The fraction of sp³-hybridized carbons (Fsp3) is 0.0952. The van der Waals surface area contributed by atoms with E-state index in [2.05, 4.69) is 153 Å². The van der Waals surface area contributed by atoms with Gasteiger partial charge in [0.05, 0.1) is 5.70 Å². The van der Waals surface area contributed by atoms with Gasteiger partial charge in [-0.25, -0.2) is 0 Å². The molecule has 1 nitrogen and oxygen atoms in total. The van der Waals surface area contributed by atoms with Crippen LogP contribution in [0.5, 0.6) is 0 Å². The summed E-state index contributed by atoms with van der Waals surface area (Å²) in [5, 5.41) is 14.1. The first-order chi connectivity index (χ1) is 21.1. The maximum absolute atomic E-state index is 3.78. The van der Waals surface area contributed by atoms with Crippen LogP contribution >= 0.6 is 0 Å². The van der Waals surface area contributed by atoms with Crippen LogP contribution in [0, 0.1) is 0 Å². The average Bonchev–Trinajstić information content (AvgIpc) is 3.29. The molecule has 43 heavy (non-hydrogen) atoms. The summed E-state index contributed by atoms with van der Waals surface area (Å²) in [6.45, 7) is 5.59. The van der Waals surface area contributed by atoms with Gasteiger partial charge in [-0.05, 0) is 77.0 Å². The van der Waals surface area contributed by atoms with Gasteiger partial charge in [-0.3, -0.25) is 0 Å². The van der Waals surface area contributed by atoms with Crippen LogP contribution in [0.1, 0.15) is 30.5 Å². The molecule has 1 N–H and O–H groups in total. The van der Waals surface area contributed by atoms with Crippen molar-refractivity contribution >= 4 is 44.1 Å². The second-order valence-corrected chi connectivity index (χ2v) is 12.5. The molecule has 9 rings (SSSR count). The highest BCUT2D eigenvalue weighted by atomic mass is 14.9. The van der Waals surface area contributed by atoms with Crippen molar-refractivity contribution in [2.75, 3.05) is 6.54 Å². The number of hydrogen-bond donors (Lipinski definition) is 1. The Kier molecular flexibility index (Phi) is 5.08. The van der Waals surface area contributed by atoms with E-state index in [1.165, 1.54) is 87.4 Å². The lowest BCUT2D eigenvalue weighted by molar-refractivity contribution is 0.661. The quantitative estimate of drug-likeness (QED) is 0.213. The fourth-order valence-electron chi connectivity index (χ4n) is 7.93. The molecule has 0 saturated heterocycles. The van der Waals surface area contributed by atoms with E-state index < -0.39 is 0 Å². The van der Waals surface area contributed by atoms with Gasteiger partial charge in [-0.2, -0.15) is 0 Å². The predicted octanol–water partition coefficient (Wildman–Crippen LogP) is 8.66. The van der Waals surface area contributed by atoms with E-state index in [0.29, 0.717) is 0 Å². The lowest BCUT2D eigenvalue weighted by atomic mass is 9.79. The molecule has 1 aliphatic heterocycles. The van der Waals surface area contributed by atoms with Crippen molar-refractivity contribution in [1.29, 1.82) is 0 Å². The summed E-state index contributed by atoms with van der Waals surface area (Å²) in [6, 6.07) is 47.3. The molecule has 0 saturated carbocycles. The number of hydrogen-bond acceptors (Lipinski definition) is 1. The molecule has 0 atom stereocenters. The molecule has 0 aromatic heterocycles. The summed E-state index contributed by atoms with van der Waals surface area (Å²) < 4.78 is 0. The molecule has 204 valence electrons. The largest absolute Gasteiger partial charge is 0.381 e. The van der Waals surface area contributed by atoms with E-state index >= 15 is 0 Å². The zero-order valence-corrected chi connectivity index (χ0v) is 24.4.